The zero-order chi connectivity index (χ0) is 12.3. The minimum Gasteiger partial charge on any atom is -0.440 e. The molecule has 1 unspecified atom stereocenters. The summed E-state index contributed by atoms with van der Waals surface area (Å²) in [6.45, 7) is 1.55. The largest absolute Gasteiger partial charge is 0.440 e. The van der Waals surface area contributed by atoms with Crippen LogP contribution < -0.4 is 9.83 Å². The smallest absolute Gasteiger partial charge is 0.274 e. The van der Waals surface area contributed by atoms with Crippen LogP contribution in [-0.4, -0.2) is 6.66 Å². The quantitative estimate of drug-likeness (QED) is 0.780. The second kappa shape index (κ2) is 4.72. The summed E-state index contributed by atoms with van der Waals surface area (Å²) in [4.78, 5) is 0. The van der Waals surface area contributed by atoms with Gasteiger partial charge < -0.3 is 4.52 Å². The van der Waals surface area contributed by atoms with Gasteiger partial charge in [-0.1, -0.05) is 18.2 Å². The van der Waals surface area contributed by atoms with E-state index in [1.54, 1.807) is 30.9 Å². The molecule has 0 aromatic heterocycles. The Bertz CT molecular complexity index is 537. The number of hydrogen-bond donors (Lipinski definition) is 0. The lowest BCUT2D eigenvalue weighted by Gasteiger charge is -2.15. The minimum absolute atomic E-state index is 0.344. The predicted octanol–water partition coefficient (Wildman–Crippen LogP) is 3.44. The van der Waals surface area contributed by atoms with Gasteiger partial charge in [-0.15, -0.1) is 0 Å². The summed E-state index contributed by atoms with van der Waals surface area (Å²) in [6.07, 6.45) is 0. The van der Waals surface area contributed by atoms with Crippen molar-refractivity contribution >= 4 is 12.7 Å². The standard InChI is InChI=1S/C13H12FO2P/c1-17(15,13-5-3-2-4-6-13)16-12-9-7-11(14)8-10-12/h2-10H,1H3. The Morgan fingerprint density at radius 3 is 2.18 bits per heavy atom. The molecule has 0 heterocycles. The number of rotatable bonds is 3. The fraction of sp³-hybridized carbons (Fsp3) is 0.0769. The van der Waals surface area contributed by atoms with Crippen LogP contribution in [0.1, 0.15) is 0 Å². The van der Waals surface area contributed by atoms with Crippen molar-refractivity contribution in [1.82, 2.24) is 0 Å². The third kappa shape index (κ3) is 2.95. The Kier molecular flexibility index (Phi) is 3.30. The van der Waals surface area contributed by atoms with Gasteiger partial charge in [-0.2, -0.15) is 0 Å². The van der Waals surface area contributed by atoms with Gasteiger partial charge in [-0.3, -0.25) is 4.57 Å². The summed E-state index contributed by atoms with van der Waals surface area (Å²) in [6, 6.07) is 14.5. The molecule has 4 heteroatoms. The summed E-state index contributed by atoms with van der Waals surface area (Å²) >= 11 is 0. The van der Waals surface area contributed by atoms with Crippen molar-refractivity contribution < 1.29 is 13.5 Å². The lowest BCUT2D eigenvalue weighted by atomic mass is 10.3. The Morgan fingerprint density at radius 1 is 1.00 bits per heavy atom. The predicted molar refractivity (Wildman–Crippen MR) is 66.6 cm³/mol. The van der Waals surface area contributed by atoms with E-state index in [1.165, 1.54) is 24.3 Å². The number of halogens is 1. The van der Waals surface area contributed by atoms with Crippen LogP contribution >= 0.6 is 7.37 Å². The molecule has 0 bridgehead atoms. The zero-order valence-electron chi connectivity index (χ0n) is 9.34. The average molecular weight is 250 g/mol. The average Bonchev–Trinajstić information content (AvgIpc) is 2.33. The first-order chi connectivity index (χ1) is 8.08. The van der Waals surface area contributed by atoms with E-state index in [2.05, 4.69) is 0 Å². The summed E-state index contributed by atoms with van der Waals surface area (Å²) in [5, 5.41) is 0.643. The van der Waals surface area contributed by atoms with Gasteiger partial charge in [0.2, 0.25) is 0 Å². The highest BCUT2D eigenvalue weighted by Crippen LogP contribution is 2.41. The van der Waals surface area contributed by atoms with Crippen LogP contribution in [0.15, 0.2) is 54.6 Å². The van der Waals surface area contributed by atoms with Crippen molar-refractivity contribution in [3.8, 4) is 5.75 Å². The fourth-order valence-corrected chi connectivity index (χ4v) is 2.79. The van der Waals surface area contributed by atoms with Crippen LogP contribution in [0.2, 0.25) is 0 Å². The molecule has 88 valence electrons. The first kappa shape index (κ1) is 11.9. The SMILES string of the molecule is CP(=O)(Oc1ccc(F)cc1)c1ccccc1. The molecule has 0 saturated heterocycles. The topological polar surface area (TPSA) is 26.3 Å². The number of benzene rings is 2. The molecule has 0 saturated carbocycles. The Morgan fingerprint density at radius 2 is 1.59 bits per heavy atom. The monoisotopic (exact) mass is 250 g/mol. The van der Waals surface area contributed by atoms with Gasteiger partial charge in [0.25, 0.3) is 7.37 Å². The van der Waals surface area contributed by atoms with Gasteiger partial charge in [-0.25, -0.2) is 4.39 Å². The summed E-state index contributed by atoms with van der Waals surface area (Å²) < 4.78 is 30.5. The van der Waals surface area contributed by atoms with Gasteiger partial charge in [0.1, 0.15) is 11.6 Å². The van der Waals surface area contributed by atoms with E-state index >= 15 is 0 Å². The van der Waals surface area contributed by atoms with Gasteiger partial charge >= 0.3 is 0 Å². The van der Waals surface area contributed by atoms with E-state index < -0.39 is 7.37 Å². The summed E-state index contributed by atoms with van der Waals surface area (Å²) in [5.41, 5.74) is 0. The van der Waals surface area contributed by atoms with Crippen molar-refractivity contribution in [3.05, 3.63) is 60.4 Å². The van der Waals surface area contributed by atoms with Gasteiger partial charge in [-0.05, 0) is 36.4 Å². The molecule has 2 aromatic rings. The molecule has 1 atom stereocenters. The number of hydrogen-bond acceptors (Lipinski definition) is 2. The maximum absolute atomic E-state index is 12.7. The highest BCUT2D eigenvalue weighted by molar-refractivity contribution is 7.66. The van der Waals surface area contributed by atoms with E-state index in [0.717, 1.165) is 0 Å². The Labute approximate surface area is 99.5 Å². The van der Waals surface area contributed by atoms with Gasteiger partial charge in [0.15, 0.2) is 0 Å². The van der Waals surface area contributed by atoms with Crippen molar-refractivity contribution in [1.29, 1.82) is 0 Å². The first-order valence-electron chi connectivity index (χ1n) is 5.16. The molecule has 0 fully saturated rings. The molecule has 0 radical (unpaired) electrons. The molecule has 0 N–H and O–H groups in total. The van der Waals surface area contributed by atoms with E-state index in [9.17, 15) is 8.96 Å². The van der Waals surface area contributed by atoms with Gasteiger partial charge in [0.05, 0.1) is 0 Å². The van der Waals surface area contributed by atoms with Gasteiger partial charge in [0, 0.05) is 12.0 Å². The summed E-state index contributed by atoms with van der Waals surface area (Å²) in [7, 11) is -2.90. The van der Waals surface area contributed by atoms with Crippen molar-refractivity contribution in [2.45, 2.75) is 0 Å². The maximum Gasteiger partial charge on any atom is 0.274 e. The van der Waals surface area contributed by atoms with E-state index in [-0.39, 0.29) is 5.82 Å². The highest BCUT2D eigenvalue weighted by atomic mass is 31.2. The normalized spacial score (nSPS) is 14.0. The molecule has 17 heavy (non-hydrogen) atoms. The van der Waals surface area contributed by atoms with Crippen molar-refractivity contribution in [2.24, 2.45) is 0 Å². The molecule has 2 nitrogen and oxygen atoms in total. The second-order valence-corrected chi connectivity index (χ2v) is 6.12. The molecule has 0 aliphatic carbocycles. The lowest BCUT2D eigenvalue weighted by molar-refractivity contribution is 0.497. The Balaban J connectivity index is 2.23. The third-order valence-corrected chi connectivity index (χ3v) is 4.11. The van der Waals surface area contributed by atoms with Crippen molar-refractivity contribution in [2.75, 3.05) is 6.66 Å². The van der Waals surface area contributed by atoms with Crippen molar-refractivity contribution in [3.63, 3.8) is 0 Å². The molecule has 0 aliphatic heterocycles. The molecule has 0 spiro atoms. The molecule has 2 rings (SSSR count). The van der Waals surface area contributed by atoms with Crippen LogP contribution in [0, 0.1) is 5.82 Å². The third-order valence-electron chi connectivity index (χ3n) is 2.32. The molecule has 2 aromatic carbocycles. The maximum atomic E-state index is 12.7. The Hall–Kier alpha value is -1.60. The van der Waals surface area contributed by atoms with E-state index in [0.29, 0.717) is 11.1 Å². The molecule has 0 amide bonds. The fourth-order valence-electron chi connectivity index (χ4n) is 1.45. The van der Waals surface area contributed by atoms with Crippen LogP contribution in [0.3, 0.4) is 0 Å². The second-order valence-electron chi connectivity index (χ2n) is 3.73. The van der Waals surface area contributed by atoms with Crippen LogP contribution in [0.5, 0.6) is 5.75 Å². The zero-order valence-corrected chi connectivity index (χ0v) is 10.2. The first-order valence-corrected chi connectivity index (χ1v) is 7.23. The molecular weight excluding hydrogens is 238 g/mol. The lowest BCUT2D eigenvalue weighted by Crippen LogP contribution is -2.07. The molecular formula is C13H12FO2P. The summed E-state index contributed by atoms with van der Waals surface area (Å²) in [5.74, 6) is 0.0593. The van der Waals surface area contributed by atoms with E-state index in [1.807, 2.05) is 6.07 Å². The van der Waals surface area contributed by atoms with Crippen LogP contribution in [0.4, 0.5) is 4.39 Å². The minimum atomic E-state index is -2.90. The van der Waals surface area contributed by atoms with Crippen LogP contribution in [0.25, 0.3) is 0 Å². The van der Waals surface area contributed by atoms with Crippen LogP contribution in [-0.2, 0) is 4.57 Å². The van der Waals surface area contributed by atoms with E-state index in [4.69, 9.17) is 4.52 Å². The molecule has 0 aliphatic rings. The highest BCUT2D eigenvalue weighted by Gasteiger charge is 2.19.